The average Bonchev–Trinajstić information content (AvgIpc) is 1.99. The van der Waals surface area contributed by atoms with Crippen molar-refractivity contribution in [1.29, 1.82) is 0 Å². The van der Waals surface area contributed by atoms with E-state index in [0.717, 1.165) is 0 Å². The topological polar surface area (TPSA) is 9.23 Å². The lowest BCUT2D eigenvalue weighted by Crippen LogP contribution is -2.10. The SMILES string of the molecule is CCOc1cc(F)c(C(F)(F)Cl)c(F)c1. The minimum absolute atomic E-state index is 0.155. The van der Waals surface area contributed by atoms with Crippen LogP contribution in [0.1, 0.15) is 12.5 Å². The predicted molar refractivity (Wildman–Crippen MR) is 47.3 cm³/mol. The molecule has 0 aliphatic carbocycles. The summed E-state index contributed by atoms with van der Waals surface area (Å²) in [6.45, 7) is 1.77. The van der Waals surface area contributed by atoms with Crippen LogP contribution in [0.2, 0.25) is 0 Å². The Morgan fingerprint density at radius 1 is 1.27 bits per heavy atom. The molecule has 1 nitrogen and oxygen atoms in total. The zero-order chi connectivity index (χ0) is 11.6. The second-order valence-electron chi connectivity index (χ2n) is 2.69. The van der Waals surface area contributed by atoms with Crippen molar-refractivity contribution in [3.8, 4) is 5.75 Å². The Bertz CT molecular complexity index is 339. The predicted octanol–water partition coefficient (Wildman–Crippen LogP) is 3.65. The lowest BCUT2D eigenvalue weighted by atomic mass is 10.2. The van der Waals surface area contributed by atoms with Gasteiger partial charge in [-0.05, 0) is 18.5 Å². The van der Waals surface area contributed by atoms with E-state index < -0.39 is 22.6 Å². The summed E-state index contributed by atoms with van der Waals surface area (Å²) in [6, 6.07) is 1.33. The van der Waals surface area contributed by atoms with Crippen molar-refractivity contribution in [2.24, 2.45) is 0 Å². The number of hydrogen-bond donors (Lipinski definition) is 0. The maximum atomic E-state index is 13.0. The van der Waals surface area contributed by atoms with Crippen LogP contribution in [0.3, 0.4) is 0 Å². The molecule has 84 valence electrons. The maximum absolute atomic E-state index is 13.0. The van der Waals surface area contributed by atoms with Gasteiger partial charge in [-0.3, -0.25) is 0 Å². The van der Waals surface area contributed by atoms with E-state index >= 15 is 0 Å². The summed E-state index contributed by atoms with van der Waals surface area (Å²) in [5.74, 6) is -3.02. The molecule has 6 heteroatoms. The number of alkyl halides is 3. The van der Waals surface area contributed by atoms with Crippen LogP contribution >= 0.6 is 11.6 Å². The molecule has 1 aromatic carbocycles. The quantitative estimate of drug-likeness (QED) is 0.581. The fraction of sp³-hybridized carbons (Fsp3) is 0.333. The first-order valence-electron chi connectivity index (χ1n) is 4.05. The molecule has 0 heterocycles. The van der Waals surface area contributed by atoms with Crippen molar-refractivity contribution in [2.75, 3.05) is 6.61 Å². The molecule has 1 aromatic rings. The fourth-order valence-corrected chi connectivity index (χ4v) is 1.25. The van der Waals surface area contributed by atoms with Crippen LogP contribution in [-0.4, -0.2) is 6.61 Å². The smallest absolute Gasteiger partial charge is 0.353 e. The zero-order valence-corrected chi connectivity index (χ0v) is 8.42. The van der Waals surface area contributed by atoms with Crippen LogP contribution in [0.4, 0.5) is 17.6 Å². The minimum atomic E-state index is -4.07. The third-order valence-corrected chi connectivity index (χ3v) is 1.80. The number of ether oxygens (including phenoxy) is 1. The molecule has 0 aromatic heterocycles. The van der Waals surface area contributed by atoms with Gasteiger partial charge in [-0.1, -0.05) is 0 Å². The van der Waals surface area contributed by atoms with Crippen LogP contribution in [0.5, 0.6) is 5.75 Å². The molecule has 0 bridgehead atoms. The summed E-state index contributed by atoms with van der Waals surface area (Å²) < 4.78 is 55.9. The summed E-state index contributed by atoms with van der Waals surface area (Å²) in [6.07, 6.45) is 0. The third kappa shape index (κ3) is 2.75. The van der Waals surface area contributed by atoms with Gasteiger partial charge in [0.05, 0.1) is 6.61 Å². The lowest BCUT2D eigenvalue weighted by Gasteiger charge is -2.12. The van der Waals surface area contributed by atoms with Crippen LogP contribution in [-0.2, 0) is 5.38 Å². The van der Waals surface area contributed by atoms with Crippen LogP contribution in [0.15, 0.2) is 12.1 Å². The summed E-state index contributed by atoms with van der Waals surface area (Å²) in [5, 5.41) is -4.07. The highest BCUT2D eigenvalue weighted by atomic mass is 35.5. The number of rotatable bonds is 3. The monoisotopic (exact) mass is 242 g/mol. The molecular weight excluding hydrogens is 236 g/mol. The van der Waals surface area contributed by atoms with Gasteiger partial charge in [0, 0.05) is 12.1 Å². The van der Waals surface area contributed by atoms with Crippen molar-refractivity contribution in [3.05, 3.63) is 29.3 Å². The summed E-state index contributed by atoms with van der Waals surface area (Å²) in [5.41, 5.74) is -1.47. The Hall–Kier alpha value is -0.970. The van der Waals surface area contributed by atoms with E-state index in [-0.39, 0.29) is 12.4 Å². The maximum Gasteiger partial charge on any atom is 0.353 e. The first-order chi connectivity index (χ1) is 6.86. The van der Waals surface area contributed by atoms with Gasteiger partial charge in [0.1, 0.15) is 22.9 Å². The van der Waals surface area contributed by atoms with E-state index in [1.54, 1.807) is 6.92 Å². The molecular formula is C9H7ClF4O. The Kier molecular flexibility index (Phi) is 3.44. The van der Waals surface area contributed by atoms with E-state index in [1.807, 2.05) is 0 Å². The molecule has 0 saturated heterocycles. The average molecular weight is 243 g/mol. The molecule has 0 saturated carbocycles. The third-order valence-electron chi connectivity index (χ3n) is 1.61. The van der Waals surface area contributed by atoms with Gasteiger partial charge in [0.2, 0.25) is 0 Å². The second-order valence-corrected chi connectivity index (χ2v) is 3.17. The molecule has 0 spiro atoms. The van der Waals surface area contributed by atoms with Gasteiger partial charge < -0.3 is 4.74 Å². The molecule has 15 heavy (non-hydrogen) atoms. The second kappa shape index (κ2) is 4.26. The van der Waals surface area contributed by atoms with Gasteiger partial charge in [-0.15, -0.1) is 0 Å². The molecule has 0 fully saturated rings. The van der Waals surface area contributed by atoms with Crippen molar-refractivity contribution in [2.45, 2.75) is 12.3 Å². The molecule has 0 atom stereocenters. The summed E-state index contributed by atoms with van der Waals surface area (Å²) in [4.78, 5) is 0. The number of halogens is 5. The van der Waals surface area contributed by atoms with Gasteiger partial charge in [-0.25, -0.2) is 8.78 Å². The highest BCUT2D eigenvalue weighted by molar-refractivity contribution is 6.21. The molecule has 0 aliphatic heterocycles. The summed E-state index contributed by atoms with van der Waals surface area (Å²) >= 11 is 4.54. The van der Waals surface area contributed by atoms with Gasteiger partial charge in [0.25, 0.3) is 0 Å². The Labute approximate surface area is 88.6 Å². The largest absolute Gasteiger partial charge is 0.494 e. The van der Waals surface area contributed by atoms with Gasteiger partial charge >= 0.3 is 5.38 Å². The van der Waals surface area contributed by atoms with Crippen LogP contribution in [0.25, 0.3) is 0 Å². The van der Waals surface area contributed by atoms with Crippen LogP contribution < -0.4 is 4.74 Å². The normalized spacial score (nSPS) is 11.6. The Morgan fingerprint density at radius 2 is 1.73 bits per heavy atom. The molecule has 0 radical (unpaired) electrons. The summed E-state index contributed by atoms with van der Waals surface area (Å²) in [7, 11) is 0. The minimum Gasteiger partial charge on any atom is -0.494 e. The molecule has 0 aliphatic rings. The Balaban J connectivity index is 3.22. The lowest BCUT2D eigenvalue weighted by molar-refractivity contribution is 0.0857. The van der Waals surface area contributed by atoms with Crippen molar-refractivity contribution >= 4 is 11.6 Å². The van der Waals surface area contributed by atoms with E-state index in [0.29, 0.717) is 12.1 Å². The highest BCUT2D eigenvalue weighted by Crippen LogP contribution is 2.37. The molecule has 0 unspecified atom stereocenters. The van der Waals surface area contributed by atoms with Crippen LogP contribution in [0, 0.1) is 11.6 Å². The van der Waals surface area contributed by atoms with Gasteiger partial charge in [0.15, 0.2) is 0 Å². The van der Waals surface area contributed by atoms with E-state index in [9.17, 15) is 17.6 Å². The van der Waals surface area contributed by atoms with Crippen molar-refractivity contribution < 1.29 is 22.3 Å². The first kappa shape index (κ1) is 12.1. The molecule has 1 rings (SSSR count). The number of benzene rings is 1. The number of hydrogen-bond acceptors (Lipinski definition) is 1. The fourth-order valence-electron chi connectivity index (χ4n) is 1.07. The standard InChI is InChI=1S/C9H7ClF4O/c1-2-15-5-3-6(11)8(7(12)4-5)9(10,13)14/h3-4H,2H2,1H3. The first-order valence-corrected chi connectivity index (χ1v) is 4.43. The van der Waals surface area contributed by atoms with E-state index in [4.69, 9.17) is 4.74 Å². The van der Waals surface area contributed by atoms with Crippen molar-refractivity contribution in [3.63, 3.8) is 0 Å². The van der Waals surface area contributed by atoms with E-state index in [1.165, 1.54) is 0 Å². The highest BCUT2D eigenvalue weighted by Gasteiger charge is 2.35. The van der Waals surface area contributed by atoms with Gasteiger partial charge in [-0.2, -0.15) is 8.78 Å². The zero-order valence-electron chi connectivity index (χ0n) is 7.66. The van der Waals surface area contributed by atoms with E-state index in [2.05, 4.69) is 11.6 Å². The van der Waals surface area contributed by atoms with Crippen molar-refractivity contribution in [1.82, 2.24) is 0 Å². The molecule has 0 amide bonds. The molecule has 0 N–H and O–H groups in total. The Morgan fingerprint density at radius 3 is 2.07 bits per heavy atom.